The SMILES string of the molecule is Cc1ccc(-c2ocnc2C(=O)NC2CCCC2CN)cc1.Cl.Cl. The maximum Gasteiger partial charge on any atom is 0.274 e. The van der Waals surface area contributed by atoms with Crippen molar-refractivity contribution < 1.29 is 9.21 Å². The van der Waals surface area contributed by atoms with Gasteiger partial charge in [0.05, 0.1) is 0 Å². The molecule has 1 amide bonds. The van der Waals surface area contributed by atoms with Crippen LogP contribution in [0.2, 0.25) is 0 Å². The summed E-state index contributed by atoms with van der Waals surface area (Å²) in [7, 11) is 0. The molecule has 2 atom stereocenters. The Balaban J connectivity index is 0.00000144. The van der Waals surface area contributed by atoms with Crippen molar-refractivity contribution in [2.24, 2.45) is 11.7 Å². The van der Waals surface area contributed by atoms with Crippen LogP contribution in [-0.2, 0) is 0 Å². The maximum absolute atomic E-state index is 12.5. The molecule has 0 saturated heterocycles. The van der Waals surface area contributed by atoms with Gasteiger partial charge in [-0.25, -0.2) is 4.98 Å². The van der Waals surface area contributed by atoms with Crippen LogP contribution in [0.5, 0.6) is 0 Å². The number of carbonyl (C=O) groups excluding carboxylic acids is 1. The summed E-state index contributed by atoms with van der Waals surface area (Å²) in [6, 6.07) is 7.98. The average Bonchev–Trinajstić information content (AvgIpc) is 3.16. The first-order valence-electron chi connectivity index (χ1n) is 7.70. The second-order valence-corrected chi connectivity index (χ2v) is 5.90. The van der Waals surface area contributed by atoms with Crippen molar-refractivity contribution in [2.45, 2.75) is 32.2 Å². The van der Waals surface area contributed by atoms with E-state index in [9.17, 15) is 4.79 Å². The summed E-state index contributed by atoms with van der Waals surface area (Å²) in [5.41, 5.74) is 8.12. The van der Waals surface area contributed by atoms with E-state index in [2.05, 4.69) is 10.3 Å². The van der Waals surface area contributed by atoms with E-state index in [4.69, 9.17) is 10.2 Å². The average molecular weight is 372 g/mol. The Morgan fingerprint density at radius 2 is 2.00 bits per heavy atom. The van der Waals surface area contributed by atoms with E-state index in [-0.39, 0.29) is 36.8 Å². The molecule has 0 aliphatic heterocycles. The summed E-state index contributed by atoms with van der Waals surface area (Å²) in [6.07, 6.45) is 4.48. The van der Waals surface area contributed by atoms with Gasteiger partial charge in [0.2, 0.25) is 0 Å². The van der Waals surface area contributed by atoms with Gasteiger partial charge >= 0.3 is 0 Å². The van der Waals surface area contributed by atoms with Crippen molar-refractivity contribution in [2.75, 3.05) is 6.54 Å². The summed E-state index contributed by atoms with van der Waals surface area (Å²) in [4.78, 5) is 16.6. The third-order valence-corrected chi connectivity index (χ3v) is 4.37. The second kappa shape index (κ2) is 9.06. The summed E-state index contributed by atoms with van der Waals surface area (Å²) in [6.45, 7) is 2.62. The largest absolute Gasteiger partial charge is 0.443 e. The quantitative estimate of drug-likeness (QED) is 0.863. The number of rotatable bonds is 4. The van der Waals surface area contributed by atoms with Gasteiger partial charge in [-0.15, -0.1) is 24.8 Å². The lowest BCUT2D eigenvalue weighted by molar-refractivity contribution is 0.0924. The van der Waals surface area contributed by atoms with E-state index in [1.54, 1.807) is 0 Å². The molecule has 5 nitrogen and oxygen atoms in total. The minimum Gasteiger partial charge on any atom is -0.443 e. The number of hydrogen-bond donors (Lipinski definition) is 2. The smallest absolute Gasteiger partial charge is 0.274 e. The predicted octanol–water partition coefficient (Wildman–Crippen LogP) is 3.35. The lowest BCUT2D eigenvalue weighted by atomic mass is 10.0. The number of aromatic nitrogens is 1. The number of nitrogens with zero attached hydrogens (tertiary/aromatic N) is 1. The van der Waals surface area contributed by atoms with Crippen molar-refractivity contribution in [1.29, 1.82) is 0 Å². The van der Waals surface area contributed by atoms with E-state index in [0.717, 1.165) is 30.4 Å². The van der Waals surface area contributed by atoms with Crippen molar-refractivity contribution in [3.05, 3.63) is 41.9 Å². The molecule has 24 heavy (non-hydrogen) atoms. The Labute approximate surface area is 154 Å². The van der Waals surface area contributed by atoms with Crippen LogP contribution < -0.4 is 11.1 Å². The van der Waals surface area contributed by atoms with Crippen molar-refractivity contribution >= 4 is 30.7 Å². The molecule has 1 aliphatic carbocycles. The molecule has 1 fully saturated rings. The molecule has 7 heteroatoms. The molecule has 1 aliphatic rings. The van der Waals surface area contributed by atoms with Crippen LogP contribution in [0.4, 0.5) is 0 Å². The zero-order valence-corrected chi connectivity index (χ0v) is 15.2. The number of amides is 1. The summed E-state index contributed by atoms with van der Waals surface area (Å²) in [5.74, 6) is 0.688. The highest BCUT2D eigenvalue weighted by atomic mass is 35.5. The van der Waals surface area contributed by atoms with Crippen LogP contribution in [0.15, 0.2) is 35.1 Å². The zero-order chi connectivity index (χ0) is 15.5. The van der Waals surface area contributed by atoms with E-state index in [1.807, 2.05) is 31.2 Å². The lowest BCUT2D eigenvalue weighted by Gasteiger charge is -2.18. The van der Waals surface area contributed by atoms with Gasteiger partial charge < -0.3 is 15.5 Å². The van der Waals surface area contributed by atoms with E-state index in [0.29, 0.717) is 23.9 Å². The Hall–Kier alpha value is -1.56. The molecule has 1 heterocycles. The van der Waals surface area contributed by atoms with Gasteiger partial charge in [0.25, 0.3) is 5.91 Å². The Bertz CT molecular complexity index is 658. The van der Waals surface area contributed by atoms with Gasteiger partial charge in [0.15, 0.2) is 17.8 Å². The van der Waals surface area contributed by atoms with Crippen LogP contribution in [-0.4, -0.2) is 23.5 Å². The third-order valence-electron chi connectivity index (χ3n) is 4.37. The third kappa shape index (κ3) is 4.29. The first-order chi connectivity index (χ1) is 10.7. The minimum atomic E-state index is -0.185. The molecular weight excluding hydrogens is 349 g/mol. The number of oxazole rings is 1. The number of benzene rings is 1. The Morgan fingerprint density at radius 1 is 1.29 bits per heavy atom. The van der Waals surface area contributed by atoms with Gasteiger partial charge in [0, 0.05) is 11.6 Å². The van der Waals surface area contributed by atoms with Crippen LogP contribution in [0.25, 0.3) is 11.3 Å². The highest BCUT2D eigenvalue weighted by Crippen LogP contribution is 2.27. The molecular formula is C17H23Cl2N3O2. The molecule has 1 aromatic carbocycles. The van der Waals surface area contributed by atoms with Crippen molar-refractivity contribution in [3.8, 4) is 11.3 Å². The highest BCUT2D eigenvalue weighted by molar-refractivity contribution is 5.97. The van der Waals surface area contributed by atoms with E-state index in [1.165, 1.54) is 6.39 Å². The summed E-state index contributed by atoms with van der Waals surface area (Å²) < 4.78 is 5.43. The van der Waals surface area contributed by atoms with Crippen molar-refractivity contribution in [1.82, 2.24) is 10.3 Å². The first kappa shape index (κ1) is 20.5. The van der Waals surface area contributed by atoms with Gasteiger partial charge in [-0.05, 0) is 32.2 Å². The molecule has 3 N–H and O–H groups in total. The van der Waals surface area contributed by atoms with Gasteiger partial charge in [-0.3, -0.25) is 4.79 Å². The molecule has 0 bridgehead atoms. The molecule has 3 rings (SSSR count). The fraction of sp³-hybridized carbons (Fsp3) is 0.412. The summed E-state index contributed by atoms with van der Waals surface area (Å²) >= 11 is 0. The second-order valence-electron chi connectivity index (χ2n) is 5.90. The summed E-state index contributed by atoms with van der Waals surface area (Å²) in [5, 5.41) is 3.06. The molecule has 0 radical (unpaired) electrons. The number of hydrogen-bond acceptors (Lipinski definition) is 4. The van der Waals surface area contributed by atoms with Gasteiger partial charge in [-0.2, -0.15) is 0 Å². The fourth-order valence-corrected chi connectivity index (χ4v) is 3.06. The van der Waals surface area contributed by atoms with E-state index >= 15 is 0 Å². The fourth-order valence-electron chi connectivity index (χ4n) is 3.06. The van der Waals surface area contributed by atoms with Crippen molar-refractivity contribution in [3.63, 3.8) is 0 Å². The molecule has 2 aromatic rings. The topological polar surface area (TPSA) is 81.2 Å². The first-order valence-corrected chi connectivity index (χ1v) is 7.70. The Morgan fingerprint density at radius 3 is 2.67 bits per heavy atom. The molecule has 1 aromatic heterocycles. The van der Waals surface area contributed by atoms with E-state index < -0.39 is 0 Å². The molecule has 2 unspecified atom stereocenters. The number of halogens is 2. The van der Waals surface area contributed by atoms with Crippen LogP contribution in [0.3, 0.4) is 0 Å². The normalized spacial score (nSPS) is 19.2. The number of carbonyl (C=O) groups is 1. The monoisotopic (exact) mass is 371 g/mol. The van der Waals surface area contributed by atoms with Crippen LogP contribution in [0, 0.1) is 12.8 Å². The minimum absolute atomic E-state index is 0. The standard InChI is InChI=1S/C17H21N3O2.2ClH/c1-11-5-7-12(8-6-11)16-15(19-10-22-16)17(21)20-14-4-2-3-13(14)9-18;;/h5-8,10,13-14H,2-4,9,18H2,1H3,(H,20,21);2*1H. The lowest BCUT2D eigenvalue weighted by Crippen LogP contribution is -2.40. The molecule has 0 spiro atoms. The number of aryl methyl sites for hydroxylation is 1. The zero-order valence-electron chi connectivity index (χ0n) is 13.5. The predicted molar refractivity (Wildman–Crippen MR) is 98.8 cm³/mol. The molecule has 132 valence electrons. The van der Waals surface area contributed by atoms with Crippen LogP contribution in [0.1, 0.15) is 35.3 Å². The van der Waals surface area contributed by atoms with Gasteiger partial charge in [0.1, 0.15) is 0 Å². The number of nitrogens with two attached hydrogens (primary N) is 1. The Kier molecular flexibility index (Phi) is 7.73. The maximum atomic E-state index is 12.5. The number of nitrogens with one attached hydrogen (secondary N) is 1. The molecule has 1 saturated carbocycles. The highest BCUT2D eigenvalue weighted by Gasteiger charge is 2.29. The van der Waals surface area contributed by atoms with Crippen LogP contribution >= 0.6 is 24.8 Å². The van der Waals surface area contributed by atoms with Gasteiger partial charge in [-0.1, -0.05) is 36.2 Å².